The first-order valence-electron chi connectivity index (χ1n) is 7.76. The highest BCUT2D eigenvalue weighted by Crippen LogP contribution is 2.35. The van der Waals surface area contributed by atoms with E-state index in [4.69, 9.17) is 0 Å². The molecule has 0 radical (unpaired) electrons. The monoisotopic (exact) mass is 292 g/mol. The molecule has 1 fully saturated rings. The first-order chi connectivity index (χ1) is 9.93. The molecule has 21 heavy (non-hydrogen) atoms. The van der Waals surface area contributed by atoms with Crippen LogP contribution in [0.4, 0.5) is 10.1 Å². The van der Waals surface area contributed by atoms with E-state index in [1.807, 2.05) is 6.92 Å². The third-order valence-corrected chi connectivity index (χ3v) is 4.15. The van der Waals surface area contributed by atoms with Crippen LogP contribution in [0, 0.1) is 11.2 Å². The molecule has 1 aromatic rings. The van der Waals surface area contributed by atoms with Gasteiger partial charge in [-0.05, 0) is 43.7 Å². The lowest BCUT2D eigenvalue weighted by molar-refractivity contribution is 0.0903. The normalized spacial score (nSPS) is 20.9. The summed E-state index contributed by atoms with van der Waals surface area (Å²) in [6, 6.07) is 4.80. The van der Waals surface area contributed by atoms with E-state index in [-0.39, 0.29) is 23.2 Å². The van der Waals surface area contributed by atoms with Gasteiger partial charge in [-0.1, -0.05) is 26.3 Å². The van der Waals surface area contributed by atoms with E-state index in [1.54, 1.807) is 12.1 Å². The van der Waals surface area contributed by atoms with Crippen LogP contribution in [0.3, 0.4) is 0 Å². The van der Waals surface area contributed by atoms with Crippen molar-refractivity contribution >= 4 is 11.6 Å². The molecule has 1 unspecified atom stereocenters. The summed E-state index contributed by atoms with van der Waals surface area (Å²) in [5.74, 6) is -0.568. The van der Waals surface area contributed by atoms with Crippen LogP contribution in [-0.4, -0.2) is 18.5 Å². The molecule has 0 heterocycles. The molecule has 0 saturated heterocycles. The van der Waals surface area contributed by atoms with Crippen molar-refractivity contribution in [1.82, 2.24) is 5.32 Å². The standard InChI is InChI=1S/C17H25FN2O/c1-4-19-15-13(8-5-9-14(15)18)16(21)20-12-7-6-10-17(2,3)11-12/h5,8-9,12,19H,4,6-7,10-11H2,1-3H3,(H,20,21). The number of para-hydroxylation sites is 1. The molecule has 2 rings (SSSR count). The fourth-order valence-corrected chi connectivity index (χ4v) is 3.15. The van der Waals surface area contributed by atoms with Gasteiger partial charge in [0.05, 0.1) is 11.3 Å². The van der Waals surface area contributed by atoms with Crippen LogP contribution in [0.15, 0.2) is 18.2 Å². The molecular formula is C17H25FN2O. The zero-order valence-corrected chi connectivity index (χ0v) is 13.1. The maximum absolute atomic E-state index is 13.9. The summed E-state index contributed by atoms with van der Waals surface area (Å²) in [5.41, 5.74) is 0.954. The van der Waals surface area contributed by atoms with Gasteiger partial charge in [0.15, 0.2) is 0 Å². The second-order valence-corrected chi connectivity index (χ2v) is 6.62. The molecule has 1 aliphatic carbocycles. The second kappa shape index (κ2) is 6.46. The van der Waals surface area contributed by atoms with Crippen LogP contribution in [-0.2, 0) is 0 Å². The van der Waals surface area contributed by atoms with E-state index in [0.717, 1.165) is 19.3 Å². The molecule has 1 amide bonds. The molecule has 0 aliphatic heterocycles. The van der Waals surface area contributed by atoms with Crippen molar-refractivity contribution in [3.05, 3.63) is 29.6 Å². The molecule has 1 aliphatic rings. The largest absolute Gasteiger partial charge is 0.382 e. The Labute approximate surface area is 126 Å². The summed E-state index contributed by atoms with van der Waals surface area (Å²) in [6.45, 7) is 6.94. The van der Waals surface area contributed by atoms with Gasteiger partial charge in [0.25, 0.3) is 5.91 Å². The van der Waals surface area contributed by atoms with E-state index in [1.165, 1.54) is 12.5 Å². The molecule has 116 valence electrons. The predicted octanol–water partition coefficient (Wildman–Crippen LogP) is 3.96. The number of hydrogen-bond donors (Lipinski definition) is 2. The fourth-order valence-electron chi connectivity index (χ4n) is 3.15. The minimum atomic E-state index is -0.381. The maximum atomic E-state index is 13.9. The summed E-state index contributed by atoms with van der Waals surface area (Å²) in [5, 5.41) is 6.01. The van der Waals surface area contributed by atoms with Gasteiger partial charge in [-0.3, -0.25) is 4.79 Å². The molecule has 1 atom stereocenters. The quantitative estimate of drug-likeness (QED) is 0.882. The number of amides is 1. The first-order valence-corrected chi connectivity index (χ1v) is 7.76. The van der Waals surface area contributed by atoms with Crippen LogP contribution in [0.2, 0.25) is 0 Å². The lowest BCUT2D eigenvalue weighted by Crippen LogP contribution is -2.40. The second-order valence-electron chi connectivity index (χ2n) is 6.62. The van der Waals surface area contributed by atoms with Crippen LogP contribution in [0.25, 0.3) is 0 Å². The Morgan fingerprint density at radius 3 is 2.86 bits per heavy atom. The third kappa shape index (κ3) is 3.96. The number of hydrogen-bond acceptors (Lipinski definition) is 2. The van der Waals surface area contributed by atoms with Gasteiger partial charge >= 0.3 is 0 Å². The van der Waals surface area contributed by atoms with Crippen LogP contribution < -0.4 is 10.6 Å². The highest BCUT2D eigenvalue weighted by atomic mass is 19.1. The number of carbonyl (C=O) groups is 1. The summed E-state index contributed by atoms with van der Waals surface area (Å²) in [6.07, 6.45) is 4.30. The van der Waals surface area contributed by atoms with Crippen LogP contribution in [0.5, 0.6) is 0 Å². The Bertz CT molecular complexity index is 514. The van der Waals surface area contributed by atoms with Crippen LogP contribution in [0.1, 0.15) is 56.8 Å². The Morgan fingerprint density at radius 2 is 2.19 bits per heavy atom. The average Bonchev–Trinajstić information content (AvgIpc) is 2.40. The van der Waals surface area contributed by atoms with Gasteiger partial charge in [0.1, 0.15) is 5.82 Å². The number of rotatable bonds is 4. The summed E-state index contributed by atoms with van der Waals surface area (Å²) >= 11 is 0. The maximum Gasteiger partial charge on any atom is 0.253 e. The van der Waals surface area contributed by atoms with Crippen LogP contribution >= 0.6 is 0 Å². The van der Waals surface area contributed by atoms with Gasteiger partial charge in [-0.2, -0.15) is 0 Å². The molecule has 1 aromatic carbocycles. The van der Waals surface area contributed by atoms with Gasteiger partial charge in [0, 0.05) is 12.6 Å². The van der Waals surface area contributed by atoms with Gasteiger partial charge in [-0.15, -0.1) is 0 Å². The topological polar surface area (TPSA) is 41.1 Å². The molecule has 4 heteroatoms. The van der Waals surface area contributed by atoms with E-state index >= 15 is 0 Å². The molecule has 2 N–H and O–H groups in total. The number of halogens is 1. The van der Waals surface area contributed by atoms with Gasteiger partial charge in [-0.25, -0.2) is 4.39 Å². The molecule has 3 nitrogen and oxygen atoms in total. The molecular weight excluding hydrogens is 267 g/mol. The van der Waals surface area contributed by atoms with E-state index in [0.29, 0.717) is 17.8 Å². The highest BCUT2D eigenvalue weighted by Gasteiger charge is 2.29. The zero-order chi connectivity index (χ0) is 15.5. The van der Waals surface area contributed by atoms with Crippen molar-refractivity contribution in [2.45, 2.75) is 52.5 Å². The first kappa shape index (κ1) is 15.8. The Hall–Kier alpha value is -1.58. The Morgan fingerprint density at radius 1 is 1.43 bits per heavy atom. The number of nitrogens with one attached hydrogen (secondary N) is 2. The summed E-state index contributed by atoms with van der Waals surface area (Å²) in [4.78, 5) is 12.5. The Kier molecular flexibility index (Phi) is 4.86. The zero-order valence-electron chi connectivity index (χ0n) is 13.1. The Balaban J connectivity index is 2.12. The van der Waals surface area contributed by atoms with Crippen molar-refractivity contribution in [1.29, 1.82) is 0 Å². The van der Waals surface area contributed by atoms with E-state index < -0.39 is 0 Å². The average molecular weight is 292 g/mol. The molecule has 0 bridgehead atoms. The summed E-state index contributed by atoms with van der Waals surface area (Å²) in [7, 11) is 0. The minimum Gasteiger partial charge on any atom is -0.382 e. The third-order valence-electron chi connectivity index (χ3n) is 4.15. The SMILES string of the molecule is CCNc1c(F)cccc1C(=O)NC1CCCC(C)(C)C1. The van der Waals surface area contributed by atoms with Gasteiger partial charge in [0.2, 0.25) is 0 Å². The molecule has 0 aromatic heterocycles. The predicted molar refractivity (Wildman–Crippen MR) is 84.1 cm³/mol. The van der Waals surface area contributed by atoms with E-state index in [9.17, 15) is 9.18 Å². The minimum absolute atomic E-state index is 0.180. The smallest absolute Gasteiger partial charge is 0.253 e. The number of anilines is 1. The van der Waals surface area contributed by atoms with Crippen molar-refractivity contribution in [2.24, 2.45) is 5.41 Å². The van der Waals surface area contributed by atoms with Crippen molar-refractivity contribution in [2.75, 3.05) is 11.9 Å². The lowest BCUT2D eigenvalue weighted by atomic mass is 9.75. The highest BCUT2D eigenvalue weighted by molar-refractivity contribution is 5.99. The number of carbonyl (C=O) groups excluding carboxylic acids is 1. The summed E-state index contributed by atoms with van der Waals surface area (Å²) < 4.78 is 13.9. The molecule has 0 spiro atoms. The molecule has 1 saturated carbocycles. The van der Waals surface area contributed by atoms with Gasteiger partial charge < -0.3 is 10.6 Å². The number of benzene rings is 1. The van der Waals surface area contributed by atoms with Crippen molar-refractivity contribution in [3.63, 3.8) is 0 Å². The van der Waals surface area contributed by atoms with Crippen molar-refractivity contribution < 1.29 is 9.18 Å². The lowest BCUT2D eigenvalue weighted by Gasteiger charge is -2.35. The van der Waals surface area contributed by atoms with Crippen molar-refractivity contribution in [3.8, 4) is 0 Å². The fraction of sp³-hybridized carbons (Fsp3) is 0.588. The van der Waals surface area contributed by atoms with E-state index in [2.05, 4.69) is 24.5 Å².